The molecule has 1 saturated heterocycles. The fraction of sp³-hybridized carbons (Fsp3) is 0.389. The third-order valence-corrected chi connectivity index (χ3v) is 7.86. The van der Waals surface area contributed by atoms with E-state index in [2.05, 4.69) is 4.98 Å². The molecule has 0 bridgehead atoms. The second-order valence-corrected chi connectivity index (χ2v) is 9.76. The van der Waals surface area contributed by atoms with Gasteiger partial charge in [-0.1, -0.05) is 11.8 Å². The molecule has 2 aromatic rings. The summed E-state index contributed by atoms with van der Waals surface area (Å²) in [7, 11) is -3.78. The monoisotopic (exact) mass is 438 g/mol. The molecule has 29 heavy (non-hydrogen) atoms. The zero-order valence-corrected chi connectivity index (χ0v) is 17.1. The Morgan fingerprint density at radius 2 is 1.83 bits per heavy atom. The van der Waals surface area contributed by atoms with Crippen molar-refractivity contribution in [1.29, 1.82) is 0 Å². The fourth-order valence-electron chi connectivity index (χ4n) is 3.43. The van der Waals surface area contributed by atoms with E-state index in [1.165, 1.54) is 43.9 Å². The van der Waals surface area contributed by atoms with E-state index < -0.39 is 21.7 Å². The number of amides is 1. The van der Waals surface area contributed by atoms with Crippen molar-refractivity contribution in [2.45, 2.75) is 23.0 Å². The number of halogens is 1. The summed E-state index contributed by atoms with van der Waals surface area (Å²) in [5.74, 6) is -0.195. The Labute approximate surface area is 171 Å². The molecule has 0 radical (unpaired) electrons. The number of thioether (sulfide) groups is 1. The van der Waals surface area contributed by atoms with Gasteiger partial charge in [-0.25, -0.2) is 17.8 Å². The van der Waals surface area contributed by atoms with Crippen LogP contribution >= 0.6 is 11.8 Å². The Morgan fingerprint density at radius 1 is 1.07 bits per heavy atom. The van der Waals surface area contributed by atoms with Gasteiger partial charge in [-0.15, -0.1) is 0 Å². The number of benzene rings is 1. The standard InChI is InChI=1S/C18H19FN4O4S2/c19-13-2-4-14(5-3-13)29(26,27)22-7-1-6-21(8-9-22)16(24)15-12-20-18-23(17(15)25)10-11-28-18/h2-5,12H,1,6-11H2. The summed E-state index contributed by atoms with van der Waals surface area (Å²) in [4.78, 5) is 31.2. The normalized spacial score (nSPS) is 17.8. The molecule has 8 nitrogen and oxygen atoms in total. The van der Waals surface area contributed by atoms with Crippen molar-refractivity contribution in [3.8, 4) is 0 Å². The highest BCUT2D eigenvalue weighted by molar-refractivity contribution is 7.99. The van der Waals surface area contributed by atoms with Crippen LogP contribution in [0.2, 0.25) is 0 Å². The molecular formula is C18H19FN4O4S2. The van der Waals surface area contributed by atoms with E-state index in [0.717, 1.165) is 17.9 Å². The quantitative estimate of drug-likeness (QED) is 0.665. The Morgan fingerprint density at radius 3 is 2.59 bits per heavy atom. The number of hydrogen-bond acceptors (Lipinski definition) is 6. The van der Waals surface area contributed by atoms with Crippen LogP contribution < -0.4 is 5.56 Å². The molecule has 154 valence electrons. The van der Waals surface area contributed by atoms with Gasteiger partial charge in [-0.3, -0.25) is 14.2 Å². The summed E-state index contributed by atoms with van der Waals surface area (Å²) in [5, 5.41) is 0.610. The van der Waals surface area contributed by atoms with Gasteiger partial charge in [0, 0.05) is 44.7 Å². The number of nitrogens with zero attached hydrogens (tertiary/aromatic N) is 4. The molecule has 3 heterocycles. The van der Waals surface area contributed by atoms with Crippen LogP contribution in [-0.2, 0) is 16.6 Å². The van der Waals surface area contributed by atoms with Crippen molar-refractivity contribution < 1.29 is 17.6 Å². The molecule has 2 aliphatic heterocycles. The van der Waals surface area contributed by atoms with Gasteiger partial charge in [0.1, 0.15) is 11.4 Å². The van der Waals surface area contributed by atoms with Crippen molar-refractivity contribution in [2.75, 3.05) is 31.9 Å². The average Bonchev–Trinajstić information content (AvgIpc) is 3.04. The lowest BCUT2D eigenvalue weighted by atomic mass is 10.2. The predicted octanol–water partition coefficient (Wildman–Crippen LogP) is 1.02. The van der Waals surface area contributed by atoms with Gasteiger partial charge in [0.25, 0.3) is 11.5 Å². The molecule has 2 aliphatic rings. The molecule has 4 rings (SSSR count). The van der Waals surface area contributed by atoms with E-state index in [9.17, 15) is 22.4 Å². The molecule has 0 atom stereocenters. The first-order chi connectivity index (χ1) is 13.9. The smallest absolute Gasteiger partial charge is 0.267 e. The highest BCUT2D eigenvalue weighted by Crippen LogP contribution is 2.21. The number of aromatic nitrogens is 2. The lowest BCUT2D eigenvalue weighted by Gasteiger charge is -2.22. The largest absolute Gasteiger partial charge is 0.337 e. The van der Waals surface area contributed by atoms with Crippen LogP contribution in [0.3, 0.4) is 0 Å². The molecule has 0 unspecified atom stereocenters. The minimum atomic E-state index is -3.78. The Bertz CT molecular complexity index is 1100. The predicted molar refractivity (Wildman–Crippen MR) is 105 cm³/mol. The Balaban J connectivity index is 1.51. The third kappa shape index (κ3) is 3.81. The second-order valence-electron chi connectivity index (χ2n) is 6.76. The molecule has 0 aliphatic carbocycles. The van der Waals surface area contributed by atoms with E-state index in [-0.39, 0.29) is 35.7 Å². The van der Waals surface area contributed by atoms with Gasteiger partial charge < -0.3 is 4.90 Å². The number of hydrogen-bond donors (Lipinski definition) is 0. The van der Waals surface area contributed by atoms with Gasteiger partial charge in [-0.2, -0.15) is 4.31 Å². The van der Waals surface area contributed by atoms with Gasteiger partial charge in [-0.05, 0) is 30.7 Å². The topological polar surface area (TPSA) is 92.6 Å². The number of fused-ring (bicyclic) bond motifs is 1. The Kier molecular flexibility index (Phi) is 5.45. The van der Waals surface area contributed by atoms with Crippen molar-refractivity contribution in [1.82, 2.24) is 18.8 Å². The van der Waals surface area contributed by atoms with Crippen LogP contribution in [0.4, 0.5) is 4.39 Å². The maximum absolute atomic E-state index is 13.1. The molecular weight excluding hydrogens is 419 g/mol. The lowest BCUT2D eigenvalue weighted by Crippen LogP contribution is -2.40. The van der Waals surface area contributed by atoms with E-state index in [4.69, 9.17) is 0 Å². The Hall–Kier alpha value is -2.24. The first-order valence-electron chi connectivity index (χ1n) is 9.15. The molecule has 0 saturated carbocycles. The highest BCUT2D eigenvalue weighted by Gasteiger charge is 2.30. The van der Waals surface area contributed by atoms with Crippen LogP contribution in [0.1, 0.15) is 16.8 Å². The minimum absolute atomic E-state index is 0.00564. The first-order valence-corrected chi connectivity index (χ1v) is 11.6. The molecule has 11 heteroatoms. The van der Waals surface area contributed by atoms with Crippen LogP contribution in [0.5, 0.6) is 0 Å². The zero-order valence-electron chi connectivity index (χ0n) is 15.5. The number of rotatable bonds is 3. The number of carbonyl (C=O) groups is 1. The fourth-order valence-corrected chi connectivity index (χ4v) is 5.81. The second kappa shape index (κ2) is 7.88. The number of sulfonamides is 1. The van der Waals surface area contributed by atoms with Crippen LogP contribution in [0, 0.1) is 5.82 Å². The van der Waals surface area contributed by atoms with E-state index in [1.54, 1.807) is 0 Å². The van der Waals surface area contributed by atoms with Crippen molar-refractivity contribution >= 4 is 27.7 Å². The van der Waals surface area contributed by atoms with Gasteiger partial charge in [0.15, 0.2) is 5.16 Å². The zero-order chi connectivity index (χ0) is 20.6. The van der Waals surface area contributed by atoms with Crippen molar-refractivity contribution in [3.05, 3.63) is 52.2 Å². The van der Waals surface area contributed by atoms with Crippen LogP contribution in [0.25, 0.3) is 0 Å². The summed E-state index contributed by atoms with van der Waals surface area (Å²) in [5.41, 5.74) is -0.351. The lowest BCUT2D eigenvalue weighted by molar-refractivity contribution is 0.0761. The average molecular weight is 439 g/mol. The summed E-state index contributed by atoms with van der Waals surface area (Å²) < 4.78 is 41.5. The van der Waals surface area contributed by atoms with E-state index in [0.29, 0.717) is 24.7 Å². The first kappa shape index (κ1) is 20.0. The minimum Gasteiger partial charge on any atom is -0.337 e. The van der Waals surface area contributed by atoms with Crippen molar-refractivity contribution in [2.24, 2.45) is 0 Å². The van der Waals surface area contributed by atoms with Crippen molar-refractivity contribution in [3.63, 3.8) is 0 Å². The van der Waals surface area contributed by atoms with E-state index in [1.807, 2.05) is 0 Å². The van der Waals surface area contributed by atoms with E-state index >= 15 is 0 Å². The van der Waals surface area contributed by atoms with Gasteiger partial charge >= 0.3 is 0 Å². The number of carbonyl (C=O) groups excluding carboxylic acids is 1. The molecule has 0 spiro atoms. The molecule has 1 fully saturated rings. The van der Waals surface area contributed by atoms with Crippen LogP contribution in [-0.4, -0.2) is 65.0 Å². The highest BCUT2D eigenvalue weighted by atomic mass is 32.2. The molecule has 1 amide bonds. The summed E-state index contributed by atoms with van der Waals surface area (Å²) in [6.45, 7) is 1.36. The summed E-state index contributed by atoms with van der Waals surface area (Å²) in [6, 6.07) is 4.67. The summed E-state index contributed by atoms with van der Waals surface area (Å²) >= 11 is 1.47. The van der Waals surface area contributed by atoms with Gasteiger partial charge in [0.05, 0.1) is 4.90 Å². The van der Waals surface area contributed by atoms with Gasteiger partial charge in [0.2, 0.25) is 10.0 Å². The maximum Gasteiger partial charge on any atom is 0.267 e. The molecule has 1 aromatic heterocycles. The maximum atomic E-state index is 13.1. The van der Waals surface area contributed by atoms with Crippen LogP contribution in [0.15, 0.2) is 45.3 Å². The molecule has 0 N–H and O–H groups in total. The molecule has 1 aromatic carbocycles. The third-order valence-electron chi connectivity index (χ3n) is 4.98. The SMILES string of the molecule is O=C(c1cnc2n(c1=O)CCS2)N1CCCN(S(=O)(=O)c2ccc(F)cc2)CC1. The summed E-state index contributed by atoms with van der Waals surface area (Å²) in [6.07, 6.45) is 1.74.